The molecule has 0 saturated carbocycles. The van der Waals surface area contributed by atoms with Crippen molar-refractivity contribution < 1.29 is 28.7 Å². The Morgan fingerprint density at radius 2 is 1.61 bits per heavy atom. The molecule has 2 rings (SSSR count). The van der Waals surface area contributed by atoms with Crippen LogP contribution in [0.2, 0.25) is 0 Å². The second-order valence-electron chi connectivity index (χ2n) is 11.2. The molecule has 4 amide bonds. The van der Waals surface area contributed by atoms with Gasteiger partial charge >= 0.3 is 6.09 Å². The number of piperidine rings is 1. The SMILES string of the molecule is COc1ccc(CNC(=O)[C@H](C)NC(=O)C2CCN(C(=O)[C@H](CC(C)C)NC(=O)OC(C)(C)C)CC2)cc1. The molecule has 10 nitrogen and oxygen atoms in total. The fourth-order valence-corrected chi connectivity index (χ4v) is 4.21. The van der Waals surface area contributed by atoms with Crippen LogP contribution in [0.5, 0.6) is 5.75 Å². The lowest BCUT2D eigenvalue weighted by molar-refractivity contribution is -0.138. The lowest BCUT2D eigenvalue weighted by Crippen LogP contribution is -2.53. The van der Waals surface area contributed by atoms with Crippen LogP contribution >= 0.6 is 0 Å². The van der Waals surface area contributed by atoms with E-state index in [0.717, 1.165) is 11.3 Å². The molecular formula is C28H44N4O6. The number of rotatable bonds is 10. The molecule has 2 atom stereocenters. The van der Waals surface area contributed by atoms with E-state index in [2.05, 4.69) is 16.0 Å². The maximum Gasteiger partial charge on any atom is 0.408 e. The highest BCUT2D eigenvalue weighted by Gasteiger charge is 2.33. The van der Waals surface area contributed by atoms with Gasteiger partial charge in [-0.1, -0.05) is 26.0 Å². The van der Waals surface area contributed by atoms with Gasteiger partial charge < -0.3 is 30.3 Å². The van der Waals surface area contributed by atoms with E-state index in [0.29, 0.717) is 38.9 Å². The van der Waals surface area contributed by atoms with Gasteiger partial charge in [-0.15, -0.1) is 0 Å². The van der Waals surface area contributed by atoms with Crippen molar-refractivity contribution in [3.05, 3.63) is 29.8 Å². The van der Waals surface area contributed by atoms with Crippen molar-refractivity contribution in [2.24, 2.45) is 11.8 Å². The molecule has 0 unspecified atom stereocenters. The van der Waals surface area contributed by atoms with Crippen molar-refractivity contribution >= 4 is 23.8 Å². The number of hydrogen-bond acceptors (Lipinski definition) is 6. The van der Waals surface area contributed by atoms with Crippen LogP contribution in [0.1, 0.15) is 66.4 Å². The van der Waals surface area contributed by atoms with E-state index in [-0.39, 0.29) is 29.6 Å². The average Bonchev–Trinajstić information content (AvgIpc) is 2.85. The van der Waals surface area contributed by atoms with Crippen LogP contribution in [0, 0.1) is 11.8 Å². The first-order chi connectivity index (χ1) is 17.8. The van der Waals surface area contributed by atoms with Gasteiger partial charge in [-0.2, -0.15) is 0 Å². The van der Waals surface area contributed by atoms with Crippen molar-refractivity contribution in [3.8, 4) is 5.75 Å². The van der Waals surface area contributed by atoms with Gasteiger partial charge in [0, 0.05) is 25.6 Å². The number of carbonyl (C=O) groups is 4. The predicted molar refractivity (Wildman–Crippen MR) is 144 cm³/mol. The molecule has 1 aromatic carbocycles. The van der Waals surface area contributed by atoms with Gasteiger partial charge in [0.15, 0.2) is 0 Å². The number of methoxy groups -OCH3 is 1. The molecule has 0 radical (unpaired) electrons. The number of hydrogen-bond donors (Lipinski definition) is 3. The van der Waals surface area contributed by atoms with Crippen molar-refractivity contribution in [1.29, 1.82) is 0 Å². The Morgan fingerprint density at radius 3 is 2.13 bits per heavy atom. The molecule has 1 aliphatic rings. The van der Waals surface area contributed by atoms with Crippen molar-refractivity contribution in [1.82, 2.24) is 20.9 Å². The first kappa shape index (κ1) is 30.9. The average molecular weight is 533 g/mol. The maximum absolute atomic E-state index is 13.2. The third-order valence-electron chi connectivity index (χ3n) is 6.25. The second kappa shape index (κ2) is 14.0. The first-order valence-corrected chi connectivity index (χ1v) is 13.3. The number of nitrogens with one attached hydrogen (secondary N) is 3. The standard InChI is InChI=1S/C28H44N4O6/c1-18(2)16-23(31-27(36)38-28(4,5)6)26(35)32-14-12-21(13-15-32)25(34)30-19(3)24(33)29-17-20-8-10-22(37-7)11-9-20/h8-11,18-19,21,23H,12-17H2,1-7H3,(H,29,33)(H,30,34)(H,31,36)/t19-,23-/m0/s1. The summed E-state index contributed by atoms with van der Waals surface area (Å²) in [6.45, 7) is 12.1. The van der Waals surface area contributed by atoms with Gasteiger partial charge in [0.2, 0.25) is 17.7 Å². The van der Waals surface area contributed by atoms with Crippen LogP contribution in [0.15, 0.2) is 24.3 Å². The van der Waals surface area contributed by atoms with E-state index in [9.17, 15) is 19.2 Å². The van der Waals surface area contributed by atoms with Crippen molar-refractivity contribution in [2.45, 2.75) is 85.0 Å². The van der Waals surface area contributed by atoms with Crippen molar-refractivity contribution in [3.63, 3.8) is 0 Å². The Labute approximate surface area is 226 Å². The van der Waals surface area contributed by atoms with Gasteiger partial charge in [0.05, 0.1) is 7.11 Å². The normalized spacial score (nSPS) is 15.8. The minimum Gasteiger partial charge on any atom is -0.497 e. The summed E-state index contributed by atoms with van der Waals surface area (Å²) in [5.41, 5.74) is 0.261. The number of carbonyl (C=O) groups excluding carboxylic acids is 4. The fourth-order valence-electron chi connectivity index (χ4n) is 4.21. The molecule has 1 saturated heterocycles. The number of benzene rings is 1. The Balaban J connectivity index is 1.83. The molecule has 1 aromatic rings. The molecule has 0 bridgehead atoms. The van der Waals surface area contributed by atoms with E-state index < -0.39 is 23.8 Å². The zero-order valence-electron chi connectivity index (χ0n) is 23.8. The highest BCUT2D eigenvalue weighted by molar-refractivity contribution is 5.89. The molecule has 3 N–H and O–H groups in total. The van der Waals surface area contributed by atoms with Gasteiger partial charge in [0.25, 0.3) is 0 Å². The van der Waals surface area contributed by atoms with Crippen LogP contribution in [0.4, 0.5) is 4.79 Å². The zero-order valence-corrected chi connectivity index (χ0v) is 23.8. The maximum atomic E-state index is 13.2. The smallest absolute Gasteiger partial charge is 0.408 e. The monoisotopic (exact) mass is 532 g/mol. The van der Waals surface area contributed by atoms with E-state index in [1.807, 2.05) is 38.1 Å². The Kier molecular flexibility index (Phi) is 11.4. The molecule has 10 heteroatoms. The largest absolute Gasteiger partial charge is 0.497 e. The second-order valence-corrected chi connectivity index (χ2v) is 11.2. The van der Waals surface area contributed by atoms with Crippen LogP contribution in [-0.2, 0) is 25.7 Å². The summed E-state index contributed by atoms with van der Waals surface area (Å²) in [5, 5.41) is 8.35. The summed E-state index contributed by atoms with van der Waals surface area (Å²) in [4.78, 5) is 52.5. The third-order valence-corrected chi connectivity index (χ3v) is 6.25. The molecule has 1 aliphatic heterocycles. The van der Waals surface area contributed by atoms with E-state index in [1.165, 1.54) is 0 Å². The first-order valence-electron chi connectivity index (χ1n) is 13.3. The fraction of sp³-hybridized carbons (Fsp3) is 0.643. The minimum atomic E-state index is -0.690. The highest BCUT2D eigenvalue weighted by Crippen LogP contribution is 2.20. The number of amides is 4. The third kappa shape index (κ3) is 10.2. The lowest BCUT2D eigenvalue weighted by atomic mass is 9.94. The molecule has 0 spiro atoms. The molecule has 212 valence electrons. The summed E-state index contributed by atoms with van der Waals surface area (Å²) in [6.07, 6.45) is 0.837. The van der Waals surface area contributed by atoms with Crippen LogP contribution in [0.25, 0.3) is 0 Å². The zero-order chi connectivity index (χ0) is 28.5. The molecule has 1 fully saturated rings. The molecule has 38 heavy (non-hydrogen) atoms. The van der Waals surface area contributed by atoms with E-state index >= 15 is 0 Å². The van der Waals surface area contributed by atoms with Gasteiger partial charge in [-0.25, -0.2) is 4.79 Å². The Bertz CT molecular complexity index is 949. The molecule has 1 heterocycles. The summed E-state index contributed by atoms with van der Waals surface area (Å²) in [5.74, 6) is -0.00274. The number of alkyl carbamates (subject to hydrolysis) is 1. The number of nitrogens with zero attached hydrogens (tertiary/aromatic N) is 1. The lowest BCUT2D eigenvalue weighted by Gasteiger charge is -2.34. The molecule has 0 aliphatic carbocycles. The quantitative estimate of drug-likeness (QED) is 0.425. The van der Waals surface area contributed by atoms with Crippen LogP contribution in [0.3, 0.4) is 0 Å². The Hall–Kier alpha value is -3.30. The number of ether oxygens (including phenoxy) is 2. The number of likely N-dealkylation sites (tertiary alicyclic amines) is 1. The molecular weight excluding hydrogens is 488 g/mol. The van der Waals surface area contributed by atoms with Gasteiger partial charge in [-0.05, 0) is 70.6 Å². The summed E-state index contributed by atoms with van der Waals surface area (Å²) >= 11 is 0. The molecule has 0 aromatic heterocycles. The summed E-state index contributed by atoms with van der Waals surface area (Å²) < 4.78 is 10.5. The van der Waals surface area contributed by atoms with Crippen LogP contribution < -0.4 is 20.7 Å². The van der Waals surface area contributed by atoms with Crippen LogP contribution in [-0.4, -0.2) is 66.6 Å². The predicted octanol–water partition coefficient (Wildman–Crippen LogP) is 2.99. The summed E-state index contributed by atoms with van der Waals surface area (Å²) in [7, 11) is 1.59. The topological polar surface area (TPSA) is 126 Å². The summed E-state index contributed by atoms with van der Waals surface area (Å²) in [6, 6.07) is 6.00. The van der Waals surface area contributed by atoms with Gasteiger partial charge in [0.1, 0.15) is 23.4 Å². The van der Waals surface area contributed by atoms with Crippen molar-refractivity contribution in [2.75, 3.05) is 20.2 Å². The minimum absolute atomic E-state index is 0.172. The van der Waals surface area contributed by atoms with E-state index in [4.69, 9.17) is 9.47 Å². The highest BCUT2D eigenvalue weighted by atomic mass is 16.6. The Morgan fingerprint density at radius 1 is 1.00 bits per heavy atom. The van der Waals surface area contributed by atoms with E-state index in [1.54, 1.807) is 39.7 Å². The van der Waals surface area contributed by atoms with Gasteiger partial charge in [-0.3, -0.25) is 14.4 Å².